The van der Waals surface area contributed by atoms with E-state index < -0.39 is 23.6 Å². The predicted octanol–water partition coefficient (Wildman–Crippen LogP) is 3.79. The molecular weight excluding hydrogens is 320 g/mol. The number of alkyl halides is 3. The zero-order valence-electron chi connectivity index (χ0n) is 12.0. The molecule has 0 aliphatic carbocycles. The molecule has 2 nitrogen and oxygen atoms in total. The van der Waals surface area contributed by atoms with Crippen molar-refractivity contribution < 1.29 is 17.6 Å². The summed E-state index contributed by atoms with van der Waals surface area (Å²) in [5, 5.41) is 3.17. The van der Waals surface area contributed by atoms with Crippen molar-refractivity contribution in [3.05, 3.63) is 47.8 Å². The molecule has 1 fully saturated rings. The lowest BCUT2D eigenvalue weighted by atomic mass is 9.95. The molecule has 0 unspecified atom stereocenters. The molecule has 0 spiro atoms. The van der Waals surface area contributed by atoms with E-state index >= 15 is 0 Å². The van der Waals surface area contributed by atoms with Gasteiger partial charge >= 0.3 is 6.18 Å². The van der Waals surface area contributed by atoms with Gasteiger partial charge in [0.2, 0.25) is 0 Å². The number of nitrogens with one attached hydrogen (secondary N) is 1. The van der Waals surface area contributed by atoms with Gasteiger partial charge in [0.15, 0.2) is 0 Å². The molecule has 22 heavy (non-hydrogen) atoms. The lowest BCUT2D eigenvalue weighted by Gasteiger charge is -2.35. The molecule has 0 bridgehead atoms. The standard InChI is InChI=1S/C15H18F4N2.ClH/c1-2-3-14(21-8-6-20-7-9-21)12-5-4-11(16)10-13(12)15(17,18)19;/h2,4-5,10,14,20H,1,3,6-9H2;1H/t14-;/m1./s1. The van der Waals surface area contributed by atoms with Gasteiger partial charge in [-0.2, -0.15) is 13.2 Å². The molecule has 1 atom stereocenters. The van der Waals surface area contributed by atoms with Crippen LogP contribution in [0.5, 0.6) is 0 Å². The molecule has 1 heterocycles. The van der Waals surface area contributed by atoms with Gasteiger partial charge in [0, 0.05) is 32.2 Å². The molecule has 0 aromatic heterocycles. The van der Waals surface area contributed by atoms with Gasteiger partial charge in [0.05, 0.1) is 5.56 Å². The van der Waals surface area contributed by atoms with Crippen LogP contribution in [0, 0.1) is 5.82 Å². The number of nitrogens with zero attached hydrogens (tertiary/aromatic N) is 1. The Morgan fingerprint density at radius 2 is 1.91 bits per heavy atom. The molecular formula is C15H19ClF4N2. The van der Waals surface area contributed by atoms with Gasteiger partial charge in [-0.05, 0) is 24.1 Å². The summed E-state index contributed by atoms with van der Waals surface area (Å²) in [5.74, 6) is -0.872. The highest BCUT2D eigenvalue weighted by Crippen LogP contribution is 2.38. The summed E-state index contributed by atoms with van der Waals surface area (Å²) in [7, 11) is 0. The second-order valence-electron chi connectivity index (χ2n) is 5.06. The van der Waals surface area contributed by atoms with Gasteiger partial charge in [-0.3, -0.25) is 4.90 Å². The second-order valence-corrected chi connectivity index (χ2v) is 5.06. The van der Waals surface area contributed by atoms with Gasteiger partial charge in [-0.25, -0.2) is 4.39 Å². The first-order chi connectivity index (χ1) is 9.93. The van der Waals surface area contributed by atoms with E-state index in [-0.39, 0.29) is 18.0 Å². The predicted molar refractivity (Wildman–Crippen MR) is 80.6 cm³/mol. The largest absolute Gasteiger partial charge is 0.416 e. The van der Waals surface area contributed by atoms with Crippen LogP contribution in [0.25, 0.3) is 0 Å². The summed E-state index contributed by atoms with van der Waals surface area (Å²) in [6, 6.07) is 2.48. The Morgan fingerprint density at radius 1 is 1.27 bits per heavy atom. The van der Waals surface area contributed by atoms with E-state index in [9.17, 15) is 17.6 Å². The molecule has 0 radical (unpaired) electrons. The average Bonchev–Trinajstić information content (AvgIpc) is 2.45. The van der Waals surface area contributed by atoms with Gasteiger partial charge in [-0.1, -0.05) is 12.1 Å². The van der Waals surface area contributed by atoms with Crippen molar-refractivity contribution in [3.8, 4) is 0 Å². The monoisotopic (exact) mass is 338 g/mol. The molecule has 124 valence electrons. The summed E-state index contributed by atoms with van der Waals surface area (Å²) < 4.78 is 52.7. The van der Waals surface area contributed by atoms with Gasteiger partial charge < -0.3 is 5.32 Å². The highest BCUT2D eigenvalue weighted by molar-refractivity contribution is 5.85. The minimum atomic E-state index is -4.56. The summed E-state index contributed by atoms with van der Waals surface area (Å²) in [5.41, 5.74) is -0.779. The fourth-order valence-corrected chi connectivity index (χ4v) is 2.69. The summed E-state index contributed by atoms with van der Waals surface area (Å²) >= 11 is 0. The summed E-state index contributed by atoms with van der Waals surface area (Å²) in [6.45, 7) is 6.42. The van der Waals surface area contributed by atoms with Crippen molar-refractivity contribution in [1.29, 1.82) is 0 Å². The maximum absolute atomic E-state index is 13.2. The van der Waals surface area contributed by atoms with Crippen LogP contribution in [0.15, 0.2) is 30.9 Å². The van der Waals surface area contributed by atoms with Crippen molar-refractivity contribution >= 4 is 12.4 Å². The van der Waals surface area contributed by atoms with E-state index in [1.54, 1.807) is 6.08 Å². The topological polar surface area (TPSA) is 15.3 Å². The highest BCUT2D eigenvalue weighted by Gasteiger charge is 2.36. The third kappa shape index (κ3) is 4.44. The zero-order valence-corrected chi connectivity index (χ0v) is 12.8. The molecule has 2 rings (SSSR count). The molecule has 1 saturated heterocycles. The normalized spacial score (nSPS) is 17.6. The fourth-order valence-electron chi connectivity index (χ4n) is 2.69. The van der Waals surface area contributed by atoms with E-state index in [1.807, 2.05) is 4.90 Å². The Morgan fingerprint density at radius 3 is 2.45 bits per heavy atom. The summed E-state index contributed by atoms with van der Waals surface area (Å²) in [6.07, 6.45) is -2.56. The maximum Gasteiger partial charge on any atom is 0.416 e. The minimum absolute atomic E-state index is 0. The molecule has 1 aliphatic heterocycles. The first-order valence-corrected chi connectivity index (χ1v) is 6.86. The summed E-state index contributed by atoms with van der Waals surface area (Å²) in [4.78, 5) is 1.99. The van der Waals surface area contributed by atoms with E-state index in [0.717, 1.165) is 19.2 Å². The Balaban J connectivity index is 0.00000242. The third-order valence-corrected chi connectivity index (χ3v) is 3.66. The number of rotatable bonds is 4. The Labute approximate surface area is 133 Å². The third-order valence-electron chi connectivity index (χ3n) is 3.66. The Hall–Kier alpha value is -1.11. The van der Waals surface area contributed by atoms with Gasteiger partial charge in [0.1, 0.15) is 5.82 Å². The van der Waals surface area contributed by atoms with Crippen molar-refractivity contribution in [1.82, 2.24) is 10.2 Å². The minimum Gasteiger partial charge on any atom is -0.314 e. The maximum atomic E-state index is 13.2. The quantitative estimate of drug-likeness (QED) is 0.664. The fraction of sp³-hybridized carbons (Fsp3) is 0.467. The van der Waals surface area contributed by atoms with Crippen molar-refractivity contribution in [2.24, 2.45) is 0 Å². The average molecular weight is 339 g/mol. The lowest BCUT2D eigenvalue weighted by molar-refractivity contribution is -0.139. The van der Waals surface area contributed by atoms with Crippen LogP contribution < -0.4 is 5.32 Å². The number of halogens is 5. The van der Waals surface area contributed by atoms with Crippen molar-refractivity contribution in [2.75, 3.05) is 26.2 Å². The van der Waals surface area contributed by atoms with Crippen LogP contribution in [0.3, 0.4) is 0 Å². The Bertz CT molecular complexity index is 499. The number of benzene rings is 1. The van der Waals surface area contributed by atoms with Crippen molar-refractivity contribution in [3.63, 3.8) is 0 Å². The van der Waals surface area contributed by atoms with Crippen LogP contribution in [-0.2, 0) is 6.18 Å². The molecule has 1 aromatic carbocycles. The molecule has 1 aliphatic rings. The first kappa shape index (κ1) is 18.9. The van der Waals surface area contributed by atoms with Crippen LogP contribution in [0.4, 0.5) is 17.6 Å². The van der Waals surface area contributed by atoms with Crippen LogP contribution in [-0.4, -0.2) is 31.1 Å². The molecule has 1 N–H and O–H groups in total. The van der Waals surface area contributed by atoms with Crippen LogP contribution in [0.1, 0.15) is 23.6 Å². The van der Waals surface area contributed by atoms with Crippen LogP contribution >= 0.6 is 12.4 Å². The van der Waals surface area contributed by atoms with E-state index in [2.05, 4.69) is 11.9 Å². The zero-order chi connectivity index (χ0) is 15.5. The molecule has 1 aromatic rings. The van der Waals surface area contributed by atoms with Gasteiger partial charge in [0.25, 0.3) is 0 Å². The molecule has 0 amide bonds. The van der Waals surface area contributed by atoms with Gasteiger partial charge in [-0.15, -0.1) is 19.0 Å². The lowest BCUT2D eigenvalue weighted by Crippen LogP contribution is -2.45. The highest BCUT2D eigenvalue weighted by atomic mass is 35.5. The second kappa shape index (κ2) is 7.94. The van der Waals surface area contributed by atoms with Crippen LogP contribution in [0.2, 0.25) is 0 Å². The smallest absolute Gasteiger partial charge is 0.314 e. The molecule has 7 heteroatoms. The molecule has 0 saturated carbocycles. The number of hydrogen-bond donors (Lipinski definition) is 1. The number of hydrogen-bond acceptors (Lipinski definition) is 2. The van der Waals surface area contributed by atoms with Crippen molar-refractivity contribution in [2.45, 2.75) is 18.6 Å². The van der Waals surface area contributed by atoms with E-state index in [4.69, 9.17) is 0 Å². The first-order valence-electron chi connectivity index (χ1n) is 6.86. The Kier molecular flexibility index (Phi) is 6.84. The number of piperazine rings is 1. The van der Waals surface area contributed by atoms with E-state index in [1.165, 1.54) is 6.07 Å². The SMILES string of the molecule is C=CC[C@H](c1ccc(F)cc1C(F)(F)F)N1CCNCC1.Cl. The van der Waals surface area contributed by atoms with E-state index in [0.29, 0.717) is 25.6 Å².